The molecule has 2 heterocycles. The lowest BCUT2D eigenvalue weighted by Gasteiger charge is -2.15. The van der Waals surface area contributed by atoms with Gasteiger partial charge in [-0.05, 0) is 48.9 Å². The Morgan fingerprint density at radius 3 is 2.56 bits per heavy atom. The summed E-state index contributed by atoms with van der Waals surface area (Å²) in [5.74, 6) is 2.41. The monoisotopic (exact) mass is 380 g/mol. The van der Waals surface area contributed by atoms with Crippen LogP contribution < -0.4 is 10.9 Å². The van der Waals surface area contributed by atoms with Crippen LogP contribution in [-0.4, -0.2) is 20.7 Å². The van der Waals surface area contributed by atoms with Crippen LogP contribution in [0.25, 0.3) is 11.4 Å². The first-order valence-electron chi connectivity index (χ1n) is 9.15. The van der Waals surface area contributed by atoms with E-state index in [1.54, 1.807) is 6.20 Å². The minimum Gasteiger partial charge on any atom is -0.364 e. The Bertz CT molecular complexity index is 936. The second kappa shape index (κ2) is 8.86. The molecule has 0 radical (unpaired) electrons. The lowest BCUT2D eigenvalue weighted by molar-refractivity contribution is 0.872. The lowest BCUT2D eigenvalue weighted by Crippen LogP contribution is -2.10. The summed E-state index contributed by atoms with van der Waals surface area (Å²) < 4.78 is 0. The van der Waals surface area contributed by atoms with Crippen molar-refractivity contribution in [3.05, 3.63) is 70.3 Å². The lowest BCUT2D eigenvalue weighted by atomic mass is 10.1. The molecule has 0 aliphatic rings. The molecular formula is C21H24N4OS. The van der Waals surface area contributed by atoms with Crippen molar-refractivity contribution in [1.82, 2.24) is 15.0 Å². The molecule has 0 aliphatic carbocycles. The number of H-pyrrole nitrogens is 1. The molecule has 0 aliphatic heterocycles. The molecule has 0 amide bonds. The van der Waals surface area contributed by atoms with Crippen LogP contribution in [0, 0.1) is 0 Å². The Kier molecular flexibility index (Phi) is 6.29. The van der Waals surface area contributed by atoms with E-state index in [4.69, 9.17) is 0 Å². The molecular weight excluding hydrogens is 356 g/mol. The SMILES string of the molecule is CCSc1ccc(C(C)Nc2ccc(-c3nc(CC)cc(=O)[nH]3)cn2)cc1. The summed E-state index contributed by atoms with van der Waals surface area (Å²) >= 11 is 1.84. The van der Waals surface area contributed by atoms with Gasteiger partial charge in [0.2, 0.25) is 0 Å². The Hall–Kier alpha value is -2.60. The van der Waals surface area contributed by atoms with E-state index in [1.165, 1.54) is 16.5 Å². The number of aryl methyl sites for hydroxylation is 1. The third-order valence-corrected chi connectivity index (χ3v) is 5.14. The quantitative estimate of drug-likeness (QED) is 0.583. The number of pyridine rings is 1. The van der Waals surface area contributed by atoms with Gasteiger partial charge in [0.25, 0.3) is 5.56 Å². The van der Waals surface area contributed by atoms with Gasteiger partial charge in [-0.1, -0.05) is 26.0 Å². The average molecular weight is 381 g/mol. The van der Waals surface area contributed by atoms with Gasteiger partial charge in [0.05, 0.1) is 0 Å². The predicted octanol–water partition coefficient (Wildman–Crippen LogP) is 4.68. The summed E-state index contributed by atoms with van der Waals surface area (Å²) in [4.78, 5) is 24.7. The van der Waals surface area contributed by atoms with Crippen molar-refractivity contribution in [2.45, 2.75) is 38.1 Å². The number of nitrogens with zero attached hydrogens (tertiary/aromatic N) is 2. The molecule has 0 bridgehead atoms. The van der Waals surface area contributed by atoms with Crippen molar-refractivity contribution in [2.75, 3.05) is 11.1 Å². The fourth-order valence-corrected chi connectivity index (χ4v) is 3.43. The normalized spacial score (nSPS) is 12.0. The van der Waals surface area contributed by atoms with E-state index in [0.29, 0.717) is 5.82 Å². The van der Waals surface area contributed by atoms with Gasteiger partial charge in [0, 0.05) is 34.5 Å². The second-order valence-electron chi connectivity index (χ2n) is 6.24. The Morgan fingerprint density at radius 1 is 1.15 bits per heavy atom. The number of hydrogen-bond acceptors (Lipinski definition) is 5. The topological polar surface area (TPSA) is 70.7 Å². The number of benzene rings is 1. The first-order chi connectivity index (χ1) is 13.1. The van der Waals surface area contributed by atoms with E-state index in [1.807, 2.05) is 30.8 Å². The molecule has 140 valence electrons. The van der Waals surface area contributed by atoms with Gasteiger partial charge in [0.15, 0.2) is 0 Å². The summed E-state index contributed by atoms with van der Waals surface area (Å²) in [6.07, 6.45) is 2.45. The van der Waals surface area contributed by atoms with Crippen molar-refractivity contribution in [3.63, 3.8) is 0 Å². The van der Waals surface area contributed by atoms with Crippen molar-refractivity contribution < 1.29 is 0 Å². The third-order valence-electron chi connectivity index (χ3n) is 4.25. The van der Waals surface area contributed by atoms with Crippen molar-refractivity contribution >= 4 is 17.6 Å². The number of aromatic nitrogens is 3. The third kappa shape index (κ3) is 4.98. The summed E-state index contributed by atoms with van der Waals surface area (Å²) in [5, 5.41) is 3.41. The highest BCUT2D eigenvalue weighted by Gasteiger charge is 2.08. The van der Waals surface area contributed by atoms with E-state index < -0.39 is 0 Å². The molecule has 0 saturated heterocycles. The molecule has 6 heteroatoms. The number of aromatic amines is 1. The maximum absolute atomic E-state index is 11.7. The molecule has 3 rings (SSSR count). The Labute approximate surface area is 163 Å². The standard InChI is InChI=1S/C21H24N4OS/c1-4-17-12-20(26)25-21(24-17)16-8-11-19(22-13-16)23-14(3)15-6-9-18(10-7-15)27-5-2/h6-14H,4-5H2,1-3H3,(H,22,23)(H,24,25,26). The zero-order chi connectivity index (χ0) is 19.2. The fourth-order valence-electron chi connectivity index (χ4n) is 2.77. The van der Waals surface area contributed by atoms with Crippen LogP contribution >= 0.6 is 11.8 Å². The second-order valence-corrected chi connectivity index (χ2v) is 7.58. The first kappa shape index (κ1) is 19.2. The molecule has 3 aromatic rings. The highest BCUT2D eigenvalue weighted by Crippen LogP contribution is 2.23. The van der Waals surface area contributed by atoms with E-state index in [2.05, 4.69) is 58.4 Å². The number of rotatable bonds is 7. The molecule has 0 saturated carbocycles. The van der Waals surface area contributed by atoms with E-state index in [-0.39, 0.29) is 11.6 Å². The molecule has 1 unspecified atom stereocenters. The zero-order valence-corrected chi connectivity index (χ0v) is 16.6. The van der Waals surface area contributed by atoms with Gasteiger partial charge in [-0.15, -0.1) is 11.8 Å². The predicted molar refractivity (Wildman–Crippen MR) is 112 cm³/mol. The van der Waals surface area contributed by atoms with Crippen LogP contribution in [0.2, 0.25) is 0 Å². The van der Waals surface area contributed by atoms with Crippen LogP contribution in [0.4, 0.5) is 5.82 Å². The fraction of sp³-hybridized carbons (Fsp3) is 0.286. The zero-order valence-electron chi connectivity index (χ0n) is 15.8. The van der Waals surface area contributed by atoms with E-state index in [0.717, 1.165) is 29.2 Å². The summed E-state index contributed by atoms with van der Waals surface area (Å²) in [5.41, 5.74) is 2.64. The molecule has 27 heavy (non-hydrogen) atoms. The van der Waals surface area contributed by atoms with Crippen LogP contribution in [0.3, 0.4) is 0 Å². The average Bonchev–Trinajstić information content (AvgIpc) is 2.69. The van der Waals surface area contributed by atoms with Gasteiger partial charge < -0.3 is 10.3 Å². The molecule has 5 nitrogen and oxygen atoms in total. The largest absolute Gasteiger partial charge is 0.364 e. The van der Waals surface area contributed by atoms with Gasteiger partial charge in [-0.2, -0.15) is 0 Å². The van der Waals surface area contributed by atoms with Crippen molar-refractivity contribution in [2.24, 2.45) is 0 Å². The van der Waals surface area contributed by atoms with Crippen LogP contribution in [-0.2, 0) is 6.42 Å². The molecule has 0 spiro atoms. The van der Waals surface area contributed by atoms with Crippen LogP contribution in [0.15, 0.2) is 58.4 Å². The van der Waals surface area contributed by atoms with Crippen LogP contribution in [0.1, 0.15) is 38.1 Å². The van der Waals surface area contributed by atoms with Crippen LogP contribution in [0.5, 0.6) is 0 Å². The first-order valence-corrected chi connectivity index (χ1v) is 10.1. The number of thioether (sulfide) groups is 1. The highest BCUT2D eigenvalue weighted by atomic mass is 32.2. The van der Waals surface area contributed by atoms with Gasteiger partial charge in [-0.25, -0.2) is 9.97 Å². The molecule has 0 fully saturated rings. The maximum Gasteiger partial charge on any atom is 0.251 e. The maximum atomic E-state index is 11.7. The van der Waals surface area contributed by atoms with Crippen molar-refractivity contribution in [3.8, 4) is 11.4 Å². The van der Waals surface area contributed by atoms with Crippen molar-refractivity contribution in [1.29, 1.82) is 0 Å². The molecule has 1 aromatic carbocycles. The highest BCUT2D eigenvalue weighted by molar-refractivity contribution is 7.99. The number of anilines is 1. The van der Waals surface area contributed by atoms with Gasteiger partial charge in [-0.3, -0.25) is 4.79 Å². The summed E-state index contributed by atoms with van der Waals surface area (Å²) in [6.45, 7) is 6.24. The minimum atomic E-state index is -0.141. The number of nitrogens with one attached hydrogen (secondary N) is 2. The van der Waals surface area contributed by atoms with Gasteiger partial charge >= 0.3 is 0 Å². The Balaban J connectivity index is 1.72. The van der Waals surface area contributed by atoms with E-state index >= 15 is 0 Å². The smallest absolute Gasteiger partial charge is 0.251 e. The number of hydrogen-bond donors (Lipinski definition) is 2. The summed E-state index contributed by atoms with van der Waals surface area (Å²) in [7, 11) is 0. The van der Waals surface area contributed by atoms with E-state index in [9.17, 15) is 4.79 Å². The van der Waals surface area contributed by atoms with Gasteiger partial charge in [0.1, 0.15) is 11.6 Å². The molecule has 2 N–H and O–H groups in total. The summed E-state index contributed by atoms with van der Waals surface area (Å²) in [6, 6.07) is 14.1. The molecule has 1 atom stereocenters. The Morgan fingerprint density at radius 2 is 1.93 bits per heavy atom. The minimum absolute atomic E-state index is 0.141. The molecule has 2 aromatic heterocycles.